The Balaban J connectivity index is 1.57. The predicted molar refractivity (Wildman–Crippen MR) is 95.5 cm³/mol. The number of piperidine rings is 1. The van der Waals surface area contributed by atoms with Crippen molar-refractivity contribution in [1.82, 2.24) is 9.80 Å². The number of likely N-dealkylation sites (N-methyl/N-ethyl adjacent to an activating group) is 1. The molecular formula is C19H34N2O4. The van der Waals surface area contributed by atoms with Crippen molar-refractivity contribution in [1.29, 1.82) is 0 Å². The first-order valence-electron chi connectivity index (χ1n) is 9.79. The zero-order valence-electron chi connectivity index (χ0n) is 15.9. The molecule has 0 aliphatic carbocycles. The standard InChI is InChI=1S/C19H34N2O4/c1-20(2)18(22)13-24-15-19-7-3-9-25-17(19)4-8-21(14-19)12-16-5-10-23-11-6-16/h16-17H,3-15H2,1-2H3. The third-order valence-electron chi connectivity index (χ3n) is 6.04. The van der Waals surface area contributed by atoms with Crippen molar-refractivity contribution in [3.63, 3.8) is 0 Å². The van der Waals surface area contributed by atoms with Gasteiger partial charge in [0, 0.05) is 59.0 Å². The first-order chi connectivity index (χ1) is 12.1. The van der Waals surface area contributed by atoms with Crippen LogP contribution in [0.3, 0.4) is 0 Å². The monoisotopic (exact) mass is 354 g/mol. The normalized spacial score (nSPS) is 31.5. The minimum Gasteiger partial charge on any atom is -0.381 e. The van der Waals surface area contributed by atoms with Crippen molar-refractivity contribution < 1.29 is 19.0 Å². The summed E-state index contributed by atoms with van der Waals surface area (Å²) in [6, 6.07) is 0. The van der Waals surface area contributed by atoms with Crippen molar-refractivity contribution >= 4 is 5.91 Å². The van der Waals surface area contributed by atoms with Gasteiger partial charge in [0.15, 0.2) is 0 Å². The molecule has 25 heavy (non-hydrogen) atoms. The maximum absolute atomic E-state index is 11.8. The molecule has 0 saturated carbocycles. The Labute approximate surface area is 151 Å². The number of nitrogens with zero attached hydrogens (tertiary/aromatic N) is 2. The number of fused-ring (bicyclic) bond motifs is 1. The van der Waals surface area contributed by atoms with Crippen LogP contribution in [0.1, 0.15) is 32.1 Å². The highest BCUT2D eigenvalue weighted by Crippen LogP contribution is 2.40. The van der Waals surface area contributed by atoms with Gasteiger partial charge in [0.2, 0.25) is 5.91 Å². The molecule has 0 aromatic carbocycles. The summed E-state index contributed by atoms with van der Waals surface area (Å²) < 4.78 is 17.5. The lowest BCUT2D eigenvalue weighted by Crippen LogP contribution is -2.57. The third kappa shape index (κ3) is 4.94. The van der Waals surface area contributed by atoms with Crippen molar-refractivity contribution in [3.8, 4) is 0 Å². The van der Waals surface area contributed by atoms with Gasteiger partial charge < -0.3 is 24.0 Å². The number of likely N-dealkylation sites (tertiary alicyclic amines) is 1. The molecule has 1 amide bonds. The van der Waals surface area contributed by atoms with Crippen LogP contribution in [0.5, 0.6) is 0 Å². The molecule has 0 bridgehead atoms. The van der Waals surface area contributed by atoms with Crippen LogP contribution in [-0.2, 0) is 19.0 Å². The quantitative estimate of drug-likeness (QED) is 0.721. The van der Waals surface area contributed by atoms with Crippen LogP contribution in [0, 0.1) is 11.3 Å². The molecule has 3 aliphatic rings. The van der Waals surface area contributed by atoms with Gasteiger partial charge in [0.25, 0.3) is 0 Å². The number of hydrogen-bond acceptors (Lipinski definition) is 5. The van der Waals surface area contributed by atoms with Gasteiger partial charge in [-0.05, 0) is 38.0 Å². The zero-order valence-corrected chi connectivity index (χ0v) is 15.9. The molecule has 2 unspecified atom stereocenters. The van der Waals surface area contributed by atoms with Gasteiger partial charge in [-0.2, -0.15) is 0 Å². The summed E-state index contributed by atoms with van der Waals surface area (Å²) in [5.74, 6) is 0.780. The van der Waals surface area contributed by atoms with Crippen LogP contribution in [0.4, 0.5) is 0 Å². The highest BCUT2D eigenvalue weighted by atomic mass is 16.5. The highest BCUT2D eigenvalue weighted by Gasteiger charge is 2.46. The molecular weight excluding hydrogens is 320 g/mol. The number of carbonyl (C=O) groups excluding carboxylic acids is 1. The first kappa shape index (κ1) is 19.1. The smallest absolute Gasteiger partial charge is 0.248 e. The lowest BCUT2D eigenvalue weighted by Gasteiger charge is -2.51. The summed E-state index contributed by atoms with van der Waals surface area (Å²) in [6.45, 7) is 6.78. The molecule has 144 valence electrons. The lowest BCUT2D eigenvalue weighted by atomic mass is 9.72. The molecule has 0 radical (unpaired) electrons. The van der Waals surface area contributed by atoms with Gasteiger partial charge >= 0.3 is 0 Å². The lowest BCUT2D eigenvalue weighted by molar-refractivity contribution is -0.160. The van der Waals surface area contributed by atoms with E-state index in [0.717, 1.165) is 64.6 Å². The van der Waals surface area contributed by atoms with Crippen LogP contribution < -0.4 is 0 Å². The highest BCUT2D eigenvalue weighted by molar-refractivity contribution is 5.76. The second-order valence-corrected chi connectivity index (χ2v) is 8.19. The second-order valence-electron chi connectivity index (χ2n) is 8.19. The fraction of sp³-hybridized carbons (Fsp3) is 0.947. The van der Waals surface area contributed by atoms with Crippen molar-refractivity contribution in [2.24, 2.45) is 11.3 Å². The Hall–Kier alpha value is -0.690. The summed E-state index contributed by atoms with van der Waals surface area (Å²) in [5.41, 5.74) is 0.0499. The predicted octanol–water partition coefficient (Wildman–Crippen LogP) is 1.39. The third-order valence-corrected chi connectivity index (χ3v) is 6.04. The molecule has 6 heteroatoms. The van der Waals surface area contributed by atoms with Gasteiger partial charge in [0.05, 0.1) is 12.7 Å². The van der Waals surface area contributed by atoms with Crippen molar-refractivity contribution in [3.05, 3.63) is 0 Å². The molecule has 0 aromatic heterocycles. The maximum atomic E-state index is 11.8. The average molecular weight is 354 g/mol. The molecule has 0 N–H and O–H groups in total. The van der Waals surface area contributed by atoms with Crippen molar-refractivity contribution in [2.45, 2.75) is 38.2 Å². The van der Waals surface area contributed by atoms with Gasteiger partial charge in [-0.3, -0.25) is 4.79 Å². The minimum atomic E-state index is 0.0274. The van der Waals surface area contributed by atoms with E-state index in [2.05, 4.69) is 4.90 Å². The average Bonchev–Trinajstić information content (AvgIpc) is 2.62. The summed E-state index contributed by atoms with van der Waals surface area (Å²) in [6.07, 6.45) is 5.94. The Morgan fingerprint density at radius 2 is 2.04 bits per heavy atom. The largest absolute Gasteiger partial charge is 0.381 e. The van der Waals surface area contributed by atoms with E-state index in [1.165, 1.54) is 12.8 Å². The molecule has 3 rings (SSSR count). The zero-order chi connectivity index (χ0) is 17.7. The summed E-state index contributed by atoms with van der Waals surface area (Å²) in [7, 11) is 3.54. The van der Waals surface area contributed by atoms with E-state index in [1.807, 2.05) is 0 Å². The van der Waals surface area contributed by atoms with Crippen LogP contribution in [0.15, 0.2) is 0 Å². The topological polar surface area (TPSA) is 51.2 Å². The Morgan fingerprint density at radius 3 is 2.80 bits per heavy atom. The number of amides is 1. The number of ether oxygens (including phenoxy) is 3. The van der Waals surface area contributed by atoms with Gasteiger partial charge in [-0.25, -0.2) is 0 Å². The van der Waals surface area contributed by atoms with Gasteiger partial charge in [0.1, 0.15) is 6.61 Å². The first-order valence-corrected chi connectivity index (χ1v) is 9.79. The summed E-state index contributed by atoms with van der Waals surface area (Å²) >= 11 is 0. The molecule has 3 fully saturated rings. The Morgan fingerprint density at radius 1 is 1.24 bits per heavy atom. The number of rotatable bonds is 6. The van der Waals surface area contributed by atoms with Gasteiger partial charge in [-0.1, -0.05) is 0 Å². The minimum absolute atomic E-state index is 0.0274. The van der Waals surface area contributed by atoms with E-state index < -0.39 is 0 Å². The van der Waals surface area contributed by atoms with E-state index in [0.29, 0.717) is 6.61 Å². The fourth-order valence-corrected chi connectivity index (χ4v) is 4.51. The van der Waals surface area contributed by atoms with Crippen LogP contribution >= 0.6 is 0 Å². The Bertz CT molecular complexity index is 439. The van der Waals surface area contributed by atoms with E-state index in [1.54, 1.807) is 19.0 Å². The number of carbonyl (C=O) groups is 1. The second kappa shape index (κ2) is 8.80. The van der Waals surface area contributed by atoms with Crippen LogP contribution in [0.25, 0.3) is 0 Å². The summed E-state index contributed by atoms with van der Waals surface area (Å²) in [4.78, 5) is 16.0. The van der Waals surface area contributed by atoms with Gasteiger partial charge in [-0.15, -0.1) is 0 Å². The molecule has 0 aromatic rings. The SMILES string of the molecule is CN(C)C(=O)COCC12CCCOC1CCN(CC1CCOCC1)C2. The van der Waals surface area contributed by atoms with E-state index in [9.17, 15) is 4.79 Å². The maximum Gasteiger partial charge on any atom is 0.248 e. The molecule has 0 spiro atoms. The fourth-order valence-electron chi connectivity index (χ4n) is 4.51. The van der Waals surface area contributed by atoms with Crippen molar-refractivity contribution in [2.75, 3.05) is 66.8 Å². The number of hydrogen-bond donors (Lipinski definition) is 0. The Kier molecular flexibility index (Phi) is 6.72. The molecule has 3 aliphatic heterocycles. The van der Waals surface area contributed by atoms with E-state index in [-0.39, 0.29) is 24.0 Å². The summed E-state index contributed by atoms with van der Waals surface area (Å²) in [5, 5.41) is 0. The van der Waals surface area contributed by atoms with E-state index >= 15 is 0 Å². The van der Waals surface area contributed by atoms with Crippen LogP contribution in [-0.4, -0.2) is 88.6 Å². The molecule has 6 nitrogen and oxygen atoms in total. The molecule has 3 heterocycles. The molecule has 3 saturated heterocycles. The molecule has 2 atom stereocenters. The van der Waals surface area contributed by atoms with Crippen LogP contribution in [0.2, 0.25) is 0 Å². The van der Waals surface area contributed by atoms with E-state index in [4.69, 9.17) is 14.2 Å².